The van der Waals surface area contributed by atoms with Crippen LogP contribution in [0.1, 0.15) is 23.1 Å². The monoisotopic (exact) mass is 272 g/mol. The third kappa shape index (κ3) is 2.33. The van der Waals surface area contributed by atoms with Crippen LogP contribution in [0.15, 0.2) is 36.5 Å². The van der Waals surface area contributed by atoms with Gasteiger partial charge in [0.05, 0.1) is 5.88 Å². The van der Waals surface area contributed by atoms with E-state index < -0.39 is 0 Å². The van der Waals surface area contributed by atoms with Crippen molar-refractivity contribution in [3.63, 3.8) is 0 Å². The predicted octanol–water partition coefficient (Wildman–Crippen LogP) is 4.21. The van der Waals surface area contributed by atoms with Gasteiger partial charge in [0.15, 0.2) is 0 Å². The van der Waals surface area contributed by atoms with E-state index in [1.54, 1.807) is 0 Å². The lowest BCUT2D eigenvalue weighted by Gasteiger charge is -2.31. The van der Waals surface area contributed by atoms with Crippen LogP contribution in [-0.4, -0.2) is 11.5 Å². The molecule has 1 aliphatic heterocycles. The minimum absolute atomic E-state index is 0.501. The number of rotatable bonds is 2. The number of hydrogen-bond acceptors (Lipinski definition) is 2. The number of aryl methyl sites for hydroxylation is 2. The third-order valence-electron chi connectivity index (χ3n) is 3.62. The molecule has 0 atom stereocenters. The van der Waals surface area contributed by atoms with Crippen LogP contribution >= 0.6 is 11.6 Å². The molecule has 0 bridgehead atoms. The molecule has 2 heterocycles. The average Bonchev–Trinajstić information content (AvgIpc) is 2.46. The molecule has 0 spiro atoms. The number of alkyl halides is 1. The number of anilines is 2. The molecular formula is C16H17ClN2. The first kappa shape index (κ1) is 12.5. The van der Waals surface area contributed by atoms with E-state index in [0.29, 0.717) is 5.88 Å². The van der Waals surface area contributed by atoms with E-state index in [1.807, 2.05) is 12.3 Å². The van der Waals surface area contributed by atoms with Gasteiger partial charge in [0, 0.05) is 24.0 Å². The van der Waals surface area contributed by atoms with Gasteiger partial charge in [0.2, 0.25) is 0 Å². The van der Waals surface area contributed by atoms with E-state index in [1.165, 1.54) is 16.8 Å². The molecule has 0 saturated heterocycles. The summed E-state index contributed by atoms with van der Waals surface area (Å²) in [4.78, 5) is 6.84. The highest BCUT2D eigenvalue weighted by Crippen LogP contribution is 2.34. The van der Waals surface area contributed by atoms with Crippen LogP contribution in [0.2, 0.25) is 0 Å². The highest BCUT2D eigenvalue weighted by molar-refractivity contribution is 6.17. The van der Waals surface area contributed by atoms with E-state index in [0.717, 1.165) is 30.8 Å². The molecule has 1 aliphatic rings. The Bertz CT molecular complexity index is 595. The van der Waals surface area contributed by atoms with Crippen molar-refractivity contribution in [1.29, 1.82) is 0 Å². The highest BCUT2D eigenvalue weighted by atomic mass is 35.5. The molecule has 2 nitrogen and oxygen atoms in total. The molecular weight excluding hydrogens is 256 g/mol. The van der Waals surface area contributed by atoms with Crippen LogP contribution in [0.4, 0.5) is 11.5 Å². The summed E-state index contributed by atoms with van der Waals surface area (Å²) in [5.41, 5.74) is 5.11. The second-order valence-electron chi connectivity index (χ2n) is 5.01. The van der Waals surface area contributed by atoms with Crippen LogP contribution in [0, 0.1) is 6.92 Å². The fourth-order valence-electron chi connectivity index (χ4n) is 2.72. The summed E-state index contributed by atoms with van der Waals surface area (Å²) >= 11 is 6.04. The molecule has 3 heteroatoms. The predicted molar refractivity (Wildman–Crippen MR) is 80.3 cm³/mol. The van der Waals surface area contributed by atoms with E-state index in [-0.39, 0.29) is 0 Å². The maximum Gasteiger partial charge on any atom is 0.137 e. The first-order valence-corrected chi connectivity index (χ1v) is 7.20. The topological polar surface area (TPSA) is 16.1 Å². The van der Waals surface area contributed by atoms with Gasteiger partial charge in [-0.3, -0.25) is 0 Å². The Morgan fingerprint density at radius 1 is 1.32 bits per heavy atom. The van der Waals surface area contributed by atoms with Crippen molar-refractivity contribution in [3.05, 3.63) is 53.2 Å². The number of aromatic nitrogens is 1. The highest BCUT2D eigenvalue weighted by Gasteiger charge is 2.20. The molecule has 0 saturated carbocycles. The van der Waals surface area contributed by atoms with E-state index in [4.69, 9.17) is 11.6 Å². The van der Waals surface area contributed by atoms with Gasteiger partial charge in [-0.1, -0.05) is 23.8 Å². The molecule has 0 amide bonds. The lowest BCUT2D eigenvalue weighted by atomic mass is 9.99. The van der Waals surface area contributed by atoms with Crippen LogP contribution in [0.3, 0.4) is 0 Å². The number of fused-ring (bicyclic) bond motifs is 1. The van der Waals surface area contributed by atoms with Gasteiger partial charge in [-0.25, -0.2) is 4.98 Å². The summed E-state index contributed by atoms with van der Waals surface area (Å²) in [7, 11) is 0. The molecule has 2 aromatic rings. The van der Waals surface area contributed by atoms with Crippen molar-refractivity contribution in [2.45, 2.75) is 25.6 Å². The fourth-order valence-corrected chi connectivity index (χ4v) is 2.93. The SMILES string of the molecule is Cc1ccc2c(c1)CCCN2c1ncccc1CCl. The Morgan fingerprint density at radius 3 is 3.05 bits per heavy atom. The Labute approximate surface area is 119 Å². The van der Waals surface area contributed by atoms with Crippen molar-refractivity contribution in [2.75, 3.05) is 11.4 Å². The van der Waals surface area contributed by atoms with Gasteiger partial charge in [-0.2, -0.15) is 0 Å². The number of benzene rings is 1. The number of nitrogens with zero attached hydrogens (tertiary/aromatic N) is 2. The normalized spacial score (nSPS) is 14.3. The largest absolute Gasteiger partial charge is 0.326 e. The molecule has 0 fully saturated rings. The number of halogens is 1. The molecule has 0 N–H and O–H groups in total. The van der Waals surface area contributed by atoms with Crippen molar-refractivity contribution in [1.82, 2.24) is 4.98 Å². The van der Waals surface area contributed by atoms with Crippen molar-refractivity contribution in [3.8, 4) is 0 Å². The zero-order chi connectivity index (χ0) is 13.2. The zero-order valence-corrected chi connectivity index (χ0v) is 11.8. The fraction of sp³-hybridized carbons (Fsp3) is 0.312. The summed E-state index contributed by atoms with van der Waals surface area (Å²) in [5.74, 6) is 1.50. The van der Waals surface area contributed by atoms with Gasteiger partial charge in [0.25, 0.3) is 0 Å². The lowest BCUT2D eigenvalue weighted by molar-refractivity contribution is 0.756. The van der Waals surface area contributed by atoms with Crippen LogP contribution in [0.25, 0.3) is 0 Å². The van der Waals surface area contributed by atoms with Crippen LogP contribution in [0.5, 0.6) is 0 Å². The third-order valence-corrected chi connectivity index (χ3v) is 3.91. The van der Waals surface area contributed by atoms with E-state index >= 15 is 0 Å². The molecule has 3 rings (SSSR count). The number of hydrogen-bond donors (Lipinski definition) is 0. The zero-order valence-electron chi connectivity index (χ0n) is 11.1. The standard InChI is InChI=1S/C16H17ClN2/c1-12-6-7-15-13(10-12)5-3-9-19(15)16-14(11-17)4-2-8-18-16/h2,4,6-8,10H,3,5,9,11H2,1H3. The summed E-state index contributed by atoms with van der Waals surface area (Å²) < 4.78 is 0. The molecule has 1 aromatic heterocycles. The second-order valence-corrected chi connectivity index (χ2v) is 5.27. The van der Waals surface area contributed by atoms with Crippen molar-refractivity contribution in [2.24, 2.45) is 0 Å². The van der Waals surface area contributed by atoms with Gasteiger partial charge < -0.3 is 4.90 Å². The Hall–Kier alpha value is -1.54. The van der Waals surface area contributed by atoms with E-state index in [2.05, 4.69) is 41.1 Å². The van der Waals surface area contributed by atoms with E-state index in [9.17, 15) is 0 Å². The maximum absolute atomic E-state index is 6.04. The Kier molecular flexibility index (Phi) is 3.43. The van der Waals surface area contributed by atoms with Crippen LogP contribution in [-0.2, 0) is 12.3 Å². The Morgan fingerprint density at radius 2 is 2.21 bits per heavy atom. The lowest BCUT2D eigenvalue weighted by Crippen LogP contribution is -2.26. The Balaban J connectivity index is 2.08. The minimum Gasteiger partial charge on any atom is -0.326 e. The van der Waals surface area contributed by atoms with Gasteiger partial charge >= 0.3 is 0 Å². The van der Waals surface area contributed by atoms with Gasteiger partial charge in [0.1, 0.15) is 5.82 Å². The average molecular weight is 273 g/mol. The smallest absolute Gasteiger partial charge is 0.137 e. The summed E-state index contributed by atoms with van der Waals surface area (Å²) in [6.45, 7) is 3.15. The molecule has 98 valence electrons. The summed E-state index contributed by atoms with van der Waals surface area (Å²) in [6, 6.07) is 10.7. The maximum atomic E-state index is 6.04. The molecule has 19 heavy (non-hydrogen) atoms. The first-order valence-electron chi connectivity index (χ1n) is 6.66. The van der Waals surface area contributed by atoms with Crippen molar-refractivity contribution < 1.29 is 0 Å². The number of pyridine rings is 1. The summed E-state index contributed by atoms with van der Waals surface area (Å²) in [6.07, 6.45) is 4.15. The molecule has 0 aliphatic carbocycles. The summed E-state index contributed by atoms with van der Waals surface area (Å²) in [5, 5.41) is 0. The van der Waals surface area contributed by atoms with Gasteiger partial charge in [-0.15, -0.1) is 11.6 Å². The molecule has 0 radical (unpaired) electrons. The molecule has 1 aromatic carbocycles. The first-order chi connectivity index (χ1) is 9.29. The van der Waals surface area contributed by atoms with Gasteiger partial charge in [-0.05, 0) is 37.5 Å². The quantitative estimate of drug-likeness (QED) is 0.761. The minimum atomic E-state index is 0.501. The second kappa shape index (κ2) is 5.22. The van der Waals surface area contributed by atoms with Crippen molar-refractivity contribution >= 4 is 23.1 Å². The van der Waals surface area contributed by atoms with Crippen LogP contribution < -0.4 is 4.90 Å². The molecule has 0 unspecified atom stereocenters.